The van der Waals surface area contributed by atoms with Crippen LogP contribution < -0.4 is 0 Å². The lowest BCUT2D eigenvalue weighted by molar-refractivity contribution is 0.00972. The fourth-order valence-corrected chi connectivity index (χ4v) is 2.81. The normalized spacial score (nSPS) is 16.6. The van der Waals surface area contributed by atoms with E-state index in [0.29, 0.717) is 13.0 Å². The molecule has 24 heavy (non-hydrogen) atoms. The van der Waals surface area contributed by atoms with Gasteiger partial charge < -0.3 is 9.64 Å². The molecular weight excluding hydrogens is 319 g/mol. The van der Waals surface area contributed by atoms with E-state index < -0.39 is 28.9 Å². The molecule has 0 N–H and O–H groups in total. The summed E-state index contributed by atoms with van der Waals surface area (Å²) in [5, 5.41) is 0. The standard InChI is InChI=1S/C18H16F3NO2/c1-22(18(23)14-6-7-15(19)17(21)16(14)20)9-13-8-11-4-2-3-5-12(11)10-24-13/h2-7,13H,8-10H2,1H3. The van der Waals surface area contributed by atoms with Crippen LogP contribution in [-0.2, 0) is 17.8 Å². The highest BCUT2D eigenvalue weighted by molar-refractivity contribution is 5.94. The summed E-state index contributed by atoms with van der Waals surface area (Å²) in [5.41, 5.74) is 1.76. The van der Waals surface area contributed by atoms with Crippen LogP contribution in [0.2, 0.25) is 0 Å². The number of hydrogen-bond donors (Lipinski definition) is 0. The maximum Gasteiger partial charge on any atom is 0.256 e. The Labute approximate surface area is 137 Å². The molecule has 0 spiro atoms. The molecule has 1 atom stereocenters. The van der Waals surface area contributed by atoms with Crippen molar-refractivity contribution in [1.29, 1.82) is 0 Å². The van der Waals surface area contributed by atoms with Crippen molar-refractivity contribution in [1.82, 2.24) is 4.90 Å². The Bertz CT molecular complexity index is 779. The SMILES string of the molecule is CN(CC1Cc2ccccc2CO1)C(=O)c1ccc(F)c(F)c1F. The van der Waals surface area contributed by atoms with E-state index in [4.69, 9.17) is 4.74 Å². The number of hydrogen-bond acceptors (Lipinski definition) is 2. The number of likely N-dealkylation sites (N-methyl/N-ethyl adjacent to an activating group) is 1. The van der Waals surface area contributed by atoms with E-state index in [1.165, 1.54) is 11.9 Å². The molecule has 1 aliphatic rings. The topological polar surface area (TPSA) is 29.5 Å². The van der Waals surface area contributed by atoms with Gasteiger partial charge in [-0.2, -0.15) is 0 Å². The lowest BCUT2D eigenvalue weighted by Crippen LogP contribution is -2.38. The molecule has 0 fully saturated rings. The van der Waals surface area contributed by atoms with Crippen molar-refractivity contribution in [3.8, 4) is 0 Å². The minimum absolute atomic E-state index is 0.228. The predicted molar refractivity (Wildman–Crippen MR) is 82.0 cm³/mol. The van der Waals surface area contributed by atoms with Crippen LogP contribution in [0.25, 0.3) is 0 Å². The van der Waals surface area contributed by atoms with Crippen LogP contribution in [0.4, 0.5) is 13.2 Å². The van der Waals surface area contributed by atoms with E-state index in [-0.39, 0.29) is 12.6 Å². The van der Waals surface area contributed by atoms with E-state index in [1.54, 1.807) is 0 Å². The Morgan fingerprint density at radius 2 is 1.83 bits per heavy atom. The van der Waals surface area contributed by atoms with Crippen molar-refractivity contribution >= 4 is 5.91 Å². The highest BCUT2D eigenvalue weighted by Gasteiger charge is 2.25. The van der Waals surface area contributed by atoms with Gasteiger partial charge in [0, 0.05) is 20.0 Å². The number of nitrogens with zero attached hydrogens (tertiary/aromatic N) is 1. The Hall–Kier alpha value is -2.34. The number of rotatable bonds is 3. The van der Waals surface area contributed by atoms with Crippen LogP contribution in [-0.4, -0.2) is 30.5 Å². The summed E-state index contributed by atoms with van der Waals surface area (Å²) in [6.07, 6.45) is 0.399. The van der Waals surface area contributed by atoms with E-state index in [1.807, 2.05) is 24.3 Å². The predicted octanol–water partition coefficient (Wildman–Crippen LogP) is 3.32. The monoisotopic (exact) mass is 335 g/mol. The Morgan fingerprint density at radius 3 is 2.58 bits per heavy atom. The highest BCUT2D eigenvalue weighted by atomic mass is 19.2. The molecule has 0 saturated heterocycles. The fraction of sp³-hybridized carbons (Fsp3) is 0.278. The Morgan fingerprint density at radius 1 is 1.12 bits per heavy atom. The maximum absolute atomic E-state index is 13.8. The summed E-state index contributed by atoms with van der Waals surface area (Å²) >= 11 is 0. The molecule has 1 aliphatic heterocycles. The largest absolute Gasteiger partial charge is 0.371 e. The van der Waals surface area contributed by atoms with E-state index in [9.17, 15) is 18.0 Å². The zero-order chi connectivity index (χ0) is 17.3. The van der Waals surface area contributed by atoms with Crippen molar-refractivity contribution in [2.45, 2.75) is 19.1 Å². The van der Waals surface area contributed by atoms with E-state index >= 15 is 0 Å². The summed E-state index contributed by atoms with van der Waals surface area (Å²) in [6.45, 7) is 0.675. The molecule has 0 saturated carbocycles. The lowest BCUT2D eigenvalue weighted by Gasteiger charge is -2.29. The first-order valence-electron chi connectivity index (χ1n) is 7.54. The van der Waals surface area contributed by atoms with Crippen LogP contribution in [0.15, 0.2) is 36.4 Å². The van der Waals surface area contributed by atoms with Gasteiger partial charge in [0.2, 0.25) is 0 Å². The molecule has 0 aliphatic carbocycles. The van der Waals surface area contributed by atoms with Crippen molar-refractivity contribution < 1.29 is 22.7 Å². The second kappa shape index (κ2) is 6.65. The fourth-order valence-electron chi connectivity index (χ4n) is 2.81. The molecule has 1 amide bonds. The summed E-state index contributed by atoms with van der Waals surface area (Å²) in [7, 11) is 1.48. The van der Waals surface area contributed by atoms with Crippen molar-refractivity contribution in [2.75, 3.05) is 13.6 Å². The maximum atomic E-state index is 13.8. The second-order valence-corrected chi connectivity index (χ2v) is 5.81. The van der Waals surface area contributed by atoms with E-state index in [0.717, 1.165) is 23.3 Å². The van der Waals surface area contributed by atoms with Gasteiger partial charge in [0.1, 0.15) is 0 Å². The number of carbonyl (C=O) groups is 1. The molecule has 0 radical (unpaired) electrons. The van der Waals surface area contributed by atoms with Gasteiger partial charge in [-0.25, -0.2) is 13.2 Å². The molecule has 2 aromatic rings. The molecule has 126 valence electrons. The van der Waals surface area contributed by atoms with Gasteiger partial charge in [0.25, 0.3) is 5.91 Å². The second-order valence-electron chi connectivity index (χ2n) is 5.81. The average Bonchev–Trinajstić information content (AvgIpc) is 2.59. The van der Waals surface area contributed by atoms with E-state index in [2.05, 4.69) is 0 Å². The summed E-state index contributed by atoms with van der Waals surface area (Å²) in [4.78, 5) is 13.5. The van der Waals surface area contributed by atoms with Crippen LogP contribution in [0.3, 0.4) is 0 Å². The molecule has 3 nitrogen and oxygen atoms in total. The Balaban J connectivity index is 1.71. The Kier molecular flexibility index (Phi) is 4.57. The van der Waals surface area contributed by atoms with Crippen LogP contribution in [0.1, 0.15) is 21.5 Å². The van der Waals surface area contributed by atoms with Crippen molar-refractivity contribution in [3.05, 3.63) is 70.5 Å². The van der Waals surface area contributed by atoms with Gasteiger partial charge in [0.05, 0.1) is 18.3 Å². The molecular formula is C18H16F3NO2. The molecule has 6 heteroatoms. The van der Waals surface area contributed by atoms with Gasteiger partial charge in [-0.1, -0.05) is 24.3 Å². The third-order valence-corrected chi connectivity index (χ3v) is 4.13. The summed E-state index contributed by atoms with van der Waals surface area (Å²) in [5.74, 6) is -5.15. The van der Waals surface area contributed by atoms with Crippen molar-refractivity contribution in [2.24, 2.45) is 0 Å². The number of fused-ring (bicyclic) bond motifs is 1. The zero-order valence-corrected chi connectivity index (χ0v) is 13.1. The van der Waals surface area contributed by atoms with Gasteiger partial charge in [-0.3, -0.25) is 4.79 Å². The van der Waals surface area contributed by atoms with Crippen LogP contribution in [0.5, 0.6) is 0 Å². The van der Waals surface area contributed by atoms with Gasteiger partial charge in [-0.15, -0.1) is 0 Å². The summed E-state index contributed by atoms with van der Waals surface area (Å²) < 4.78 is 45.7. The highest BCUT2D eigenvalue weighted by Crippen LogP contribution is 2.22. The number of halogens is 3. The first kappa shape index (κ1) is 16.5. The third kappa shape index (κ3) is 3.14. The number of ether oxygens (including phenoxy) is 1. The smallest absolute Gasteiger partial charge is 0.256 e. The van der Waals surface area contributed by atoms with Gasteiger partial charge >= 0.3 is 0 Å². The van der Waals surface area contributed by atoms with Crippen LogP contribution in [0, 0.1) is 17.5 Å². The molecule has 0 bridgehead atoms. The first-order valence-corrected chi connectivity index (χ1v) is 7.54. The van der Waals surface area contributed by atoms with Gasteiger partial charge in [0.15, 0.2) is 17.5 Å². The summed E-state index contributed by atoms with van der Waals surface area (Å²) in [6, 6.07) is 9.55. The minimum atomic E-state index is -1.64. The first-order chi connectivity index (χ1) is 11.5. The average molecular weight is 335 g/mol. The molecule has 1 heterocycles. The van der Waals surface area contributed by atoms with Crippen LogP contribution >= 0.6 is 0 Å². The molecule has 3 rings (SSSR count). The van der Waals surface area contributed by atoms with Gasteiger partial charge in [-0.05, 0) is 23.3 Å². The number of carbonyl (C=O) groups excluding carboxylic acids is 1. The lowest BCUT2D eigenvalue weighted by atomic mass is 9.99. The third-order valence-electron chi connectivity index (χ3n) is 4.13. The number of benzene rings is 2. The minimum Gasteiger partial charge on any atom is -0.371 e. The van der Waals surface area contributed by atoms with Crippen molar-refractivity contribution in [3.63, 3.8) is 0 Å². The molecule has 1 unspecified atom stereocenters. The quantitative estimate of drug-likeness (QED) is 0.806. The zero-order valence-electron chi connectivity index (χ0n) is 13.1. The number of amides is 1. The molecule has 2 aromatic carbocycles. The molecule has 0 aromatic heterocycles.